The highest BCUT2D eigenvalue weighted by Crippen LogP contribution is 2.36. The molecule has 1 saturated heterocycles. The molecule has 1 heterocycles. The topological polar surface area (TPSA) is 114 Å². The second kappa shape index (κ2) is 11.8. The van der Waals surface area contributed by atoms with Gasteiger partial charge in [-0.25, -0.2) is 4.39 Å². The average Bonchev–Trinajstić information content (AvgIpc) is 2.68. The van der Waals surface area contributed by atoms with Crippen LogP contribution in [0.1, 0.15) is 33.3 Å². The molecule has 0 aromatic heterocycles. The number of hydrogen-bond donors (Lipinski definition) is 0. The van der Waals surface area contributed by atoms with Crippen LogP contribution in [0, 0.1) is 5.82 Å². The Hall–Kier alpha value is -2.66. The Labute approximate surface area is 188 Å². The number of esters is 4. The van der Waals surface area contributed by atoms with E-state index in [4.69, 9.17) is 23.7 Å². The molecule has 0 radical (unpaired) electrons. The molecule has 0 spiro atoms. The van der Waals surface area contributed by atoms with Gasteiger partial charge in [-0.15, -0.1) is 11.8 Å². The SMILES string of the molecule is CC(=O)OCC1OC(SCc2ccccc2F)C(OC(C)=O)C(OC(C)=O)C1OC(C)=O. The van der Waals surface area contributed by atoms with Crippen LogP contribution >= 0.6 is 11.8 Å². The van der Waals surface area contributed by atoms with Crippen molar-refractivity contribution in [1.29, 1.82) is 0 Å². The van der Waals surface area contributed by atoms with Crippen LogP contribution in [-0.2, 0) is 48.6 Å². The van der Waals surface area contributed by atoms with Crippen molar-refractivity contribution in [2.24, 2.45) is 0 Å². The van der Waals surface area contributed by atoms with Crippen molar-refractivity contribution in [2.75, 3.05) is 6.61 Å². The lowest BCUT2D eigenvalue weighted by atomic mass is 9.99. The van der Waals surface area contributed by atoms with Crippen LogP contribution < -0.4 is 0 Å². The molecule has 11 heteroatoms. The number of ether oxygens (including phenoxy) is 5. The summed E-state index contributed by atoms with van der Waals surface area (Å²) in [6.45, 7) is 4.34. The van der Waals surface area contributed by atoms with Gasteiger partial charge in [0, 0.05) is 33.4 Å². The van der Waals surface area contributed by atoms with Gasteiger partial charge in [-0.05, 0) is 11.6 Å². The average molecular weight is 472 g/mol. The molecular weight excluding hydrogens is 447 g/mol. The van der Waals surface area contributed by atoms with Crippen molar-refractivity contribution in [2.45, 2.75) is 63.3 Å². The molecule has 0 saturated carbocycles. The van der Waals surface area contributed by atoms with E-state index in [1.165, 1.54) is 13.0 Å². The van der Waals surface area contributed by atoms with Gasteiger partial charge in [-0.2, -0.15) is 0 Å². The Morgan fingerprint density at radius 2 is 1.44 bits per heavy atom. The van der Waals surface area contributed by atoms with Gasteiger partial charge in [0.15, 0.2) is 18.3 Å². The molecule has 0 N–H and O–H groups in total. The van der Waals surface area contributed by atoms with Crippen molar-refractivity contribution < 1.29 is 47.3 Å². The molecule has 1 aromatic rings. The van der Waals surface area contributed by atoms with E-state index in [1.54, 1.807) is 18.2 Å². The van der Waals surface area contributed by atoms with Gasteiger partial charge in [0.05, 0.1) is 0 Å². The minimum Gasteiger partial charge on any atom is -0.463 e. The molecule has 5 unspecified atom stereocenters. The zero-order valence-electron chi connectivity index (χ0n) is 18.1. The molecule has 176 valence electrons. The molecule has 0 bridgehead atoms. The summed E-state index contributed by atoms with van der Waals surface area (Å²) >= 11 is 1.09. The summed E-state index contributed by atoms with van der Waals surface area (Å²) < 4.78 is 41.1. The van der Waals surface area contributed by atoms with Crippen molar-refractivity contribution in [3.05, 3.63) is 35.6 Å². The summed E-state index contributed by atoms with van der Waals surface area (Å²) in [5, 5.41) is 0. The molecule has 1 aromatic carbocycles. The quantitative estimate of drug-likeness (QED) is 0.412. The summed E-state index contributed by atoms with van der Waals surface area (Å²) in [4.78, 5) is 46.6. The minimum atomic E-state index is -1.24. The molecule has 1 aliphatic rings. The van der Waals surface area contributed by atoms with E-state index < -0.39 is 59.5 Å². The predicted octanol–water partition coefficient (Wildman–Crippen LogP) is 2.14. The fourth-order valence-corrected chi connectivity index (χ4v) is 4.31. The monoisotopic (exact) mass is 472 g/mol. The summed E-state index contributed by atoms with van der Waals surface area (Å²) in [5.41, 5.74) is -0.569. The van der Waals surface area contributed by atoms with E-state index in [1.807, 2.05) is 0 Å². The number of benzene rings is 1. The largest absolute Gasteiger partial charge is 0.463 e. The first kappa shape index (κ1) is 25.6. The smallest absolute Gasteiger partial charge is 0.303 e. The maximum Gasteiger partial charge on any atom is 0.303 e. The van der Waals surface area contributed by atoms with Gasteiger partial charge in [0.25, 0.3) is 0 Å². The Balaban J connectivity index is 2.37. The molecular formula is C21H25FO9S. The highest BCUT2D eigenvalue weighted by atomic mass is 32.2. The molecule has 2 rings (SSSR count). The van der Waals surface area contributed by atoms with Gasteiger partial charge in [-0.1, -0.05) is 18.2 Å². The minimum absolute atomic E-state index is 0.139. The fourth-order valence-electron chi connectivity index (χ4n) is 3.11. The maximum atomic E-state index is 14.1. The van der Waals surface area contributed by atoms with Gasteiger partial charge in [0.2, 0.25) is 0 Å². The van der Waals surface area contributed by atoms with Crippen LogP contribution in [0.3, 0.4) is 0 Å². The second-order valence-corrected chi connectivity index (χ2v) is 8.06. The molecule has 0 aliphatic carbocycles. The van der Waals surface area contributed by atoms with Crippen LogP contribution in [0.5, 0.6) is 0 Å². The number of hydrogen-bond acceptors (Lipinski definition) is 10. The first-order chi connectivity index (χ1) is 15.1. The molecule has 1 fully saturated rings. The zero-order chi connectivity index (χ0) is 23.8. The van der Waals surface area contributed by atoms with Crippen LogP contribution in [0.4, 0.5) is 4.39 Å². The van der Waals surface area contributed by atoms with E-state index >= 15 is 0 Å². The van der Waals surface area contributed by atoms with Crippen LogP contribution in [0.2, 0.25) is 0 Å². The third-order valence-corrected chi connectivity index (χ3v) is 5.49. The second-order valence-electron chi connectivity index (χ2n) is 6.97. The van der Waals surface area contributed by atoms with E-state index in [0.29, 0.717) is 5.56 Å². The maximum absolute atomic E-state index is 14.1. The molecule has 5 atom stereocenters. The van der Waals surface area contributed by atoms with Gasteiger partial charge in [-0.3, -0.25) is 19.2 Å². The highest BCUT2D eigenvalue weighted by molar-refractivity contribution is 7.99. The van der Waals surface area contributed by atoms with E-state index in [-0.39, 0.29) is 12.4 Å². The number of rotatable bonds is 8. The first-order valence-electron chi connectivity index (χ1n) is 9.74. The molecule has 1 aliphatic heterocycles. The van der Waals surface area contributed by atoms with Gasteiger partial charge >= 0.3 is 23.9 Å². The van der Waals surface area contributed by atoms with Crippen molar-refractivity contribution >= 4 is 35.6 Å². The lowest BCUT2D eigenvalue weighted by Crippen LogP contribution is -2.61. The Kier molecular flexibility index (Phi) is 9.45. The Morgan fingerprint density at radius 3 is 2.00 bits per heavy atom. The van der Waals surface area contributed by atoms with Crippen molar-refractivity contribution in [1.82, 2.24) is 0 Å². The highest BCUT2D eigenvalue weighted by Gasteiger charge is 2.52. The van der Waals surface area contributed by atoms with E-state index in [2.05, 4.69) is 0 Å². The standard InChI is InChI=1S/C21H25FO9S/c1-11(23)27-9-17-18(28-12(2)24)19(29-13(3)25)20(30-14(4)26)21(31-17)32-10-15-7-5-6-8-16(15)22/h5-8,17-21H,9-10H2,1-4H3. The zero-order valence-corrected chi connectivity index (χ0v) is 18.9. The molecule has 32 heavy (non-hydrogen) atoms. The number of carbonyl (C=O) groups excluding carboxylic acids is 4. The third kappa shape index (κ3) is 7.49. The normalized spacial score (nSPS) is 24.8. The summed E-state index contributed by atoms with van der Waals surface area (Å²) in [7, 11) is 0. The summed E-state index contributed by atoms with van der Waals surface area (Å²) in [6.07, 6.45) is -4.67. The number of thioether (sulfide) groups is 1. The predicted molar refractivity (Wildman–Crippen MR) is 110 cm³/mol. The lowest BCUT2D eigenvalue weighted by Gasteiger charge is -2.44. The molecule has 9 nitrogen and oxygen atoms in total. The van der Waals surface area contributed by atoms with E-state index in [9.17, 15) is 23.6 Å². The molecule has 0 amide bonds. The van der Waals surface area contributed by atoms with Crippen LogP contribution in [0.25, 0.3) is 0 Å². The Bertz CT molecular complexity index is 846. The number of carbonyl (C=O) groups is 4. The number of halogens is 1. The summed E-state index contributed by atoms with van der Waals surface area (Å²) in [5.74, 6) is -2.99. The van der Waals surface area contributed by atoms with Gasteiger partial charge < -0.3 is 23.7 Å². The summed E-state index contributed by atoms with van der Waals surface area (Å²) in [6, 6.07) is 6.13. The van der Waals surface area contributed by atoms with Crippen LogP contribution in [-0.4, -0.2) is 60.3 Å². The van der Waals surface area contributed by atoms with Crippen LogP contribution in [0.15, 0.2) is 24.3 Å². The Morgan fingerprint density at radius 1 is 0.875 bits per heavy atom. The van der Waals surface area contributed by atoms with E-state index in [0.717, 1.165) is 32.5 Å². The fraction of sp³-hybridized carbons (Fsp3) is 0.524. The van der Waals surface area contributed by atoms with Crippen molar-refractivity contribution in [3.8, 4) is 0 Å². The van der Waals surface area contributed by atoms with Gasteiger partial charge in [0.1, 0.15) is 24.0 Å². The third-order valence-electron chi connectivity index (χ3n) is 4.31. The lowest BCUT2D eigenvalue weighted by molar-refractivity contribution is -0.237. The first-order valence-corrected chi connectivity index (χ1v) is 10.8. The van der Waals surface area contributed by atoms with Crippen molar-refractivity contribution in [3.63, 3.8) is 0 Å².